The summed E-state index contributed by atoms with van der Waals surface area (Å²) in [5.41, 5.74) is 1.99. The zero-order valence-corrected chi connectivity index (χ0v) is 29.0. The fourth-order valence-corrected chi connectivity index (χ4v) is 6.93. The molecular weight excluding hydrogens is 623 g/mol. The van der Waals surface area contributed by atoms with Gasteiger partial charge in [-0.2, -0.15) is 5.21 Å². The molecule has 2 N–H and O–H groups in total. The topological polar surface area (TPSA) is 119 Å². The number of nitrogens with one attached hydrogen (secondary N) is 2. The Morgan fingerprint density at radius 1 is 1.00 bits per heavy atom. The summed E-state index contributed by atoms with van der Waals surface area (Å²) in [6.07, 6.45) is 3.06. The Balaban J connectivity index is 1.49. The van der Waals surface area contributed by atoms with Crippen LogP contribution in [0.15, 0.2) is 47.5 Å². The lowest BCUT2D eigenvalue weighted by molar-refractivity contribution is -0.134. The molecule has 1 atom stereocenters. The van der Waals surface area contributed by atoms with Gasteiger partial charge in [-0.05, 0) is 59.6 Å². The molecule has 1 fully saturated rings. The molecule has 0 unspecified atom stereocenters. The summed E-state index contributed by atoms with van der Waals surface area (Å²) in [5, 5.41) is 17.4. The van der Waals surface area contributed by atoms with Crippen molar-refractivity contribution in [2.24, 2.45) is 15.8 Å². The summed E-state index contributed by atoms with van der Waals surface area (Å²) in [6.45, 7) is 16.2. The maximum atomic E-state index is 14.6. The molecule has 1 aromatic heterocycles. The normalized spacial score (nSPS) is 17.8. The van der Waals surface area contributed by atoms with Crippen molar-refractivity contribution < 1.29 is 9.59 Å². The molecule has 0 bridgehead atoms. The number of rotatable bonds is 9. The average Bonchev–Trinajstić information content (AvgIpc) is 3.59. The summed E-state index contributed by atoms with van der Waals surface area (Å²) in [5.74, 6) is 0.0323. The molecule has 10 nitrogen and oxygen atoms in total. The van der Waals surface area contributed by atoms with Crippen LogP contribution in [0.2, 0.25) is 10.0 Å². The molecule has 2 aromatic carbocycles. The molecule has 2 aliphatic rings. The summed E-state index contributed by atoms with van der Waals surface area (Å²) in [7, 11) is 0. The highest BCUT2D eigenvalue weighted by atomic mass is 35.5. The lowest BCUT2D eigenvalue weighted by Gasteiger charge is -2.47. The lowest BCUT2D eigenvalue weighted by Crippen LogP contribution is -2.55. The van der Waals surface area contributed by atoms with Crippen molar-refractivity contribution >= 4 is 40.7 Å². The van der Waals surface area contributed by atoms with Crippen molar-refractivity contribution in [1.29, 1.82) is 0 Å². The first-order valence-electron chi connectivity index (χ1n) is 15.9. The minimum absolute atomic E-state index is 0.0450. The number of hydrogen-bond donors (Lipinski definition) is 2. The fraction of sp³-hybridized carbons (Fsp3) is 0.529. The number of carbonyl (C=O) groups is 2. The van der Waals surface area contributed by atoms with Crippen LogP contribution in [0.4, 0.5) is 0 Å². The standard InChI is InChI=1S/C34H44Cl2N8O2/c1-32(2,3)12-11-27(22-7-9-23(10-8-22)30(45)37-20-28-39-41-42-40-28)44-31(46)29(24-17-25(35)19-26(36)18-24)38-34(44)13-15-43(16-14-34)21-33(4,5)6/h7-10,17-19,27H,11-16,20-21H2,1-6H3,(H,37,45)(H,39,40,41,42)/t27-/m1/s1. The van der Waals surface area contributed by atoms with E-state index in [4.69, 9.17) is 28.2 Å². The molecule has 3 aromatic rings. The van der Waals surface area contributed by atoms with Crippen LogP contribution in [0.5, 0.6) is 0 Å². The van der Waals surface area contributed by atoms with Gasteiger partial charge in [-0.15, -0.1) is 10.2 Å². The van der Waals surface area contributed by atoms with Crippen molar-refractivity contribution in [2.45, 2.75) is 85.5 Å². The second-order valence-electron chi connectivity index (χ2n) is 14.9. The number of benzene rings is 2. The highest BCUT2D eigenvalue weighted by Gasteiger charge is 2.52. The Bertz CT molecular complexity index is 1550. The third kappa shape index (κ3) is 8.14. The second kappa shape index (κ2) is 13.4. The maximum Gasteiger partial charge on any atom is 0.275 e. The van der Waals surface area contributed by atoms with Gasteiger partial charge in [0.25, 0.3) is 11.8 Å². The highest BCUT2D eigenvalue weighted by Crippen LogP contribution is 2.45. The zero-order valence-electron chi connectivity index (χ0n) is 27.5. The number of halogens is 2. The van der Waals surface area contributed by atoms with E-state index in [0.29, 0.717) is 32.7 Å². The van der Waals surface area contributed by atoms with Crippen LogP contribution in [0, 0.1) is 10.8 Å². The number of piperidine rings is 1. The Hall–Kier alpha value is -3.34. The van der Waals surface area contributed by atoms with Gasteiger partial charge in [-0.1, -0.05) is 82.1 Å². The number of hydrogen-bond acceptors (Lipinski definition) is 7. The number of aromatic nitrogens is 4. The van der Waals surface area contributed by atoms with Crippen molar-refractivity contribution in [3.63, 3.8) is 0 Å². The van der Waals surface area contributed by atoms with E-state index in [2.05, 4.69) is 72.4 Å². The van der Waals surface area contributed by atoms with Gasteiger partial charge in [-0.25, -0.2) is 0 Å². The number of H-pyrrole nitrogens is 1. The van der Waals surface area contributed by atoms with Crippen LogP contribution >= 0.6 is 23.2 Å². The van der Waals surface area contributed by atoms with Crippen molar-refractivity contribution in [1.82, 2.24) is 35.7 Å². The molecule has 3 heterocycles. The van der Waals surface area contributed by atoms with E-state index in [0.717, 1.165) is 50.9 Å². The van der Waals surface area contributed by atoms with E-state index in [1.54, 1.807) is 18.2 Å². The second-order valence-corrected chi connectivity index (χ2v) is 15.7. The van der Waals surface area contributed by atoms with Gasteiger partial charge in [0.1, 0.15) is 11.4 Å². The Morgan fingerprint density at radius 2 is 1.65 bits per heavy atom. The van der Waals surface area contributed by atoms with E-state index in [1.807, 2.05) is 29.2 Å². The number of aliphatic imine (C=N–C) groups is 1. The third-order valence-corrected chi connectivity index (χ3v) is 8.95. The van der Waals surface area contributed by atoms with Gasteiger partial charge in [0.15, 0.2) is 5.82 Å². The van der Waals surface area contributed by atoms with Crippen LogP contribution in [0.3, 0.4) is 0 Å². The zero-order chi connectivity index (χ0) is 33.3. The van der Waals surface area contributed by atoms with Crippen LogP contribution in [-0.4, -0.2) is 73.2 Å². The monoisotopic (exact) mass is 666 g/mol. The molecular formula is C34H44Cl2N8O2. The largest absolute Gasteiger partial charge is 0.345 e. The average molecular weight is 668 g/mol. The van der Waals surface area contributed by atoms with Gasteiger partial charge < -0.3 is 15.1 Å². The number of tetrazole rings is 1. The van der Waals surface area contributed by atoms with E-state index in [1.165, 1.54) is 0 Å². The predicted octanol–water partition coefficient (Wildman–Crippen LogP) is 6.47. The Kier molecular flexibility index (Phi) is 9.92. The maximum absolute atomic E-state index is 14.6. The molecule has 0 saturated carbocycles. The molecule has 46 heavy (non-hydrogen) atoms. The molecule has 1 spiro atoms. The van der Waals surface area contributed by atoms with Crippen molar-refractivity contribution in [3.05, 3.63) is 75.0 Å². The first kappa shape index (κ1) is 34.0. The molecule has 12 heteroatoms. The van der Waals surface area contributed by atoms with Crippen molar-refractivity contribution in [2.75, 3.05) is 19.6 Å². The SMILES string of the molecule is CC(C)(C)CC[C@H](c1ccc(C(=O)NCc2nn[nH]n2)cc1)N1C(=O)C(c2cc(Cl)cc(Cl)c2)=NC12CCN(CC(C)(C)C)CC2. The van der Waals surface area contributed by atoms with Gasteiger partial charge in [0, 0.05) is 53.6 Å². The highest BCUT2D eigenvalue weighted by molar-refractivity contribution is 6.47. The minimum Gasteiger partial charge on any atom is -0.345 e. The number of likely N-dealkylation sites (tertiary alicyclic amines) is 1. The van der Waals surface area contributed by atoms with E-state index in [9.17, 15) is 9.59 Å². The van der Waals surface area contributed by atoms with Crippen LogP contribution in [0.1, 0.15) is 101 Å². The smallest absolute Gasteiger partial charge is 0.275 e. The number of aromatic amines is 1. The first-order valence-corrected chi connectivity index (χ1v) is 16.6. The molecule has 1 saturated heterocycles. The predicted molar refractivity (Wildman–Crippen MR) is 181 cm³/mol. The van der Waals surface area contributed by atoms with Crippen molar-refractivity contribution in [3.8, 4) is 0 Å². The summed E-state index contributed by atoms with van der Waals surface area (Å²) < 4.78 is 0. The van der Waals surface area contributed by atoms with Gasteiger partial charge >= 0.3 is 0 Å². The Morgan fingerprint density at radius 3 is 2.22 bits per heavy atom. The molecule has 0 aliphatic carbocycles. The molecule has 5 rings (SSSR count). The van der Waals surface area contributed by atoms with Crippen LogP contribution in [0.25, 0.3) is 0 Å². The quantitative estimate of drug-likeness (QED) is 0.270. The summed E-state index contributed by atoms with van der Waals surface area (Å²) >= 11 is 12.8. The number of carbonyl (C=O) groups excluding carboxylic acids is 2. The fourth-order valence-electron chi connectivity index (χ4n) is 6.41. The Labute approximate surface area is 281 Å². The third-order valence-electron chi connectivity index (χ3n) is 8.51. The lowest BCUT2D eigenvalue weighted by atomic mass is 9.84. The summed E-state index contributed by atoms with van der Waals surface area (Å²) in [4.78, 5) is 37.3. The van der Waals surface area contributed by atoms with Crippen LogP contribution < -0.4 is 5.32 Å². The molecule has 2 aliphatic heterocycles. The molecule has 2 amide bonds. The van der Waals surface area contributed by atoms with Crippen LogP contribution in [-0.2, 0) is 11.3 Å². The first-order chi connectivity index (χ1) is 21.6. The van der Waals surface area contributed by atoms with E-state index >= 15 is 0 Å². The number of nitrogens with zero attached hydrogens (tertiary/aromatic N) is 6. The minimum atomic E-state index is -0.710. The van der Waals surface area contributed by atoms with E-state index in [-0.39, 0.29) is 35.2 Å². The molecule has 246 valence electrons. The summed E-state index contributed by atoms with van der Waals surface area (Å²) in [6, 6.07) is 12.5. The van der Waals surface area contributed by atoms with E-state index < -0.39 is 5.66 Å². The van der Waals surface area contributed by atoms with Gasteiger partial charge in [0.2, 0.25) is 0 Å². The number of amides is 2. The molecule has 0 radical (unpaired) electrons. The van der Waals surface area contributed by atoms with Gasteiger partial charge in [-0.3, -0.25) is 14.6 Å². The van der Waals surface area contributed by atoms with Gasteiger partial charge in [0.05, 0.1) is 12.6 Å².